The highest BCUT2D eigenvalue weighted by Crippen LogP contribution is 2.60. The topological polar surface area (TPSA) is 124 Å². The van der Waals surface area contributed by atoms with Crippen LogP contribution in [0.1, 0.15) is 45.1 Å². The lowest BCUT2D eigenvalue weighted by atomic mass is 9.89. The molecule has 1 saturated carbocycles. The van der Waals surface area contributed by atoms with Crippen LogP contribution in [0.3, 0.4) is 0 Å². The SMILES string of the molecule is CCc1c(F)ccc2cc(O)cc(-c3ncc4c(N5CCOCC(C)(O)C5)nc(OCC56CC(F)CN5CC5(CC5)C6)nc4c3F)c12.CO. The number of aryl methyl sites for hydroxylation is 1. The molecule has 4 aliphatic rings. The fourth-order valence-electron chi connectivity index (χ4n) is 8.26. The fourth-order valence-corrected chi connectivity index (χ4v) is 8.26. The molecule has 0 bridgehead atoms. The summed E-state index contributed by atoms with van der Waals surface area (Å²) in [5, 5.41) is 29.9. The van der Waals surface area contributed by atoms with E-state index in [0.717, 1.165) is 32.9 Å². The van der Waals surface area contributed by atoms with E-state index in [4.69, 9.17) is 19.6 Å². The molecule has 8 rings (SSSR count). The molecule has 10 nitrogen and oxygen atoms in total. The first kappa shape index (κ1) is 33.7. The van der Waals surface area contributed by atoms with Crippen molar-refractivity contribution in [3.8, 4) is 23.0 Å². The average Bonchev–Trinajstić information content (AvgIpc) is 3.72. The number of aliphatic hydroxyl groups is 2. The number of hydrogen-bond donors (Lipinski definition) is 3. The highest BCUT2D eigenvalue weighted by atomic mass is 19.1. The number of hydrogen-bond acceptors (Lipinski definition) is 10. The highest BCUT2D eigenvalue weighted by Gasteiger charge is 2.62. The van der Waals surface area contributed by atoms with E-state index in [9.17, 15) is 19.0 Å². The lowest BCUT2D eigenvalue weighted by molar-refractivity contribution is -0.0123. The van der Waals surface area contributed by atoms with Crippen LogP contribution >= 0.6 is 0 Å². The number of β-amino-alcohol motifs (C(OH)–C–C–N with tert-alkyl or cyclic N) is 1. The van der Waals surface area contributed by atoms with Gasteiger partial charge in [-0.15, -0.1) is 0 Å². The first-order valence-corrected chi connectivity index (χ1v) is 16.8. The summed E-state index contributed by atoms with van der Waals surface area (Å²) in [5.74, 6) is -1.00. The van der Waals surface area contributed by atoms with Crippen LogP contribution in [0.4, 0.5) is 19.0 Å². The van der Waals surface area contributed by atoms with Crippen molar-refractivity contribution < 1.29 is 38.0 Å². The Balaban J connectivity index is 0.00000186. The minimum atomic E-state index is -1.20. The van der Waals surface area contributed by atoms with Crippen molar-refractivity contribution in [1.29, 1.82) is 0 Å². The molecule has 1 aliphatic carbocycles. The monoisotopic (exact) mass is 681 g/mol. The number of phenols is 1. The van der Waals surface area contributed by atoms with Crippen LogP contribution in [-0.4, -0.2) is 106 Å². The van der Waals surface area contributed by atoms with Crippen LogP contribution in [0.5, 0.6) is 11.8 Å². The van der Waals surface area contributed by atoms with Crippen molar-refractivity contribution in [3.63, 3.8) is 0 Å². The first-order chi connectivity index (χ1) is 23.5. The summed E-state index contributed by atoms with van der Waals surface area (Å²) in [6.07, 6.45) is 4.34. The van der Waals surface area contributed by atoms with E-state index < -0.39 is 28.9 Å². The molecule has 1 spiro atoms. The third-order valence-electron chi connectivity index (χ3n) is 10.5. The molecule has 2 aromatic heterocycles. The molecule has 3 unspecified atom stereocenters. The molecule has 4 aromatic rings. The van der Waals surface area contributed by atoms with Crippen molar-refractivity contribution in [2.24, 2.45) is 5.41 Å². The van der Waals surface area contributed by atoms with E-state index in [0.29, 0.717) is 60.1 Å². The number of halogens is 3. The Morgan fingerprint density at radius 2 is 1.92 bits per heavy atom. The standard InChI is InChI=1S/C35H38F3N5O4.CH4O/c1-3-23-26(37)5-4-20-10-22(44)11-24(27(20)23)29-28(38)30-25(13-39-29)31(42-8-9-46-18-33(2,45)16-42)41-32(40-30)47-19-35-12-21(36)14-43(35)17-34(15-35)6-7-34;1-2/h4-5,10-11,13,21,44-45H,3,6-9,12,14-19H2,1-2H3;2H,1H3. The molecule has 262 valence electrons. The zero-order valence-corrected chi connectivity index (χ0v) is 28.0. The zero-order valence-electron chi connectivity index (χ0n) is 28.0. The maximum atomic E-state index is 16.9. The molecule has 0 amide bonds. The lowest BCUT2D eigenvalue weighted by Crippen LogP contribution is -2.44. The number of alkyl halides is 1. The number of aliphatic hydroxyl groups excluding tert-OH is 1. The van der Waals surface area contributed by atoms with Gasteiger partial charge in [0.25, 0.3) is 0 Å². The number of nitrogens with zero attached hydrogens (tertiary/aromatic N) is 5. The minimum Gasteiger partial charge on any atom is -0.508 e. The van der Waals surface area contributed by atoms with Gasteiger partial charge < -0.3 is 29.7 Å². The van der Waals surface area contributed by atoms with E-state index in [1.807, 2.05) is 11.8 Å². The second-order valence-corrected chi connectivity index (χ2v) is 14.3. The molecule has 13 heteroatoms. The molecule has 0 radical (unpaired) electrons. The van der Waals surface area contributed by atoms with E-state index in [2.05, 4.69) is 14.9 Å². The Kier molecular flexibility index (Phi) is 8.61. The number of rotatable bonds is 6. The maximum Gasteiger partial charge on any atom is 0.319 e. The molecule has 4 fully saturated rings. The van der Waals surface area contributed by atoms with Gasteiger partial charge in [-0.05, 0) is 72.6 Å². The Morgan fingerprint density at radius 1 is 1.12 bits per heavy atom. The summed E-state index contributed by atoms with van der Waals surface area (Å²) < 4.78 is 58.5. The van der Waals surface area contributed by atoms with Crippen LogP contribution < -0.4 is 9.64 Å². The van der Waals surface area contributed by atoms with Crippen LogP contribution in [0.25, 0.3) is 32.9 Å². The summed E-state index contributed by atoms with van der Waals surface area (Å²) in [5.41, 5.74) is -1.01. The lowest BCUT2D eigenvalue weighted by Gasteiger charge is -2.31. The zero-order chi connectivity index (χ0) is 34.7. The van der Waals surface area contributed by atoms with Gasteiger partial charge in [-0.1, -0.05) is 13.0 Å². The van der Waals surface area contributed by atoms with Gasteiger partial charge in [0, 0.05) is 44.9 Å². The molecule has 5 heterocycles. The smallest absolute Gasteiger partial charge is 0.319 e. The fraction of sp³-hybridized carbons (Fsp3) is 0.528. The van der Waals surface area contributed by atoms with E-state index in [1.165, 1.54) is 24.4 Å². The molecule has 3 atom stereocenters. The largest absolute Gasteiger partial charge is 0.508 e. The quantitative estimate of drug-likeness (QED) is 0.258. The molecule has 3 N–H and O–H groups in total. The van der Waals surface area contributed by atoms with Gasteiger partial charge >= 0.3 is 6.01 Å². The van der Waals surface area contributed by atoms with Crippen molar-refractivity contribution in [3.05, 3.63) is 47.7 Å². The van der Waals surface area contributed by atoms with Gasteiger partial charge in [0.1, 0.15) is 47.0 Å². The van der Waals surface area contributed by atoms with Crippen molar-refractivity contribution in [2.45, 2.75) is 63.3 Å². The number of fused-ring (bicyclic) bond motifs is 3. The van der Waals surface area contributed by atoms with Gasteiger partial charge in [-0.3, -0.25) is 9.88 Å². The number of phenolic OH excluding ortho intramolecular Hbond substituents is 1. The highest BCUT2D eigenvalue weighted by molar-refractivity contribution is 6.01. The molecule has 3 aliphatic heterocycles. The van der Waals surface area contributed by atoms with Crippen molar-refractivity contribution in [1.82, 2.24) is 19.9 Å². The summed E-state index contributed by atoms with van der Waals surface area (Å²) in [7, 11) is 1.00. The molecule has 2 aromatic carbocycles. The molecule has 49 heavy (non-hydrogen) atoms. The Labute approximate surface area is 282 Å². The van der Waals surface area contributed by atoms with E-state index in [1.54, 1.807) is 13.0 Å². The number of benzene rings is 2. The summed E-state index contributed by atoms with van der Waals surface area (Å²) >= 11 is 0. The summed E-state index contributed by atoms with van der Waals surface area (Å²) in [4.78, 5) is 17.8. The van der Waals surface area contributed by atoms with Crippen LogP contribution in [0.15, 0.2) is 30.5 Å². The Bertz CT molecular complexity index is 1910. The van der Waals surface area contributed by atoms with Crippen molar-refractivity contribution in [2.75, 3.05) is 58.0 Å². The van der Waals surface area contributed by atoms with Crippen LogP contribution in [-0.2, 0) is 11.2 Å². The van der Waals surface area contributed by atoms with Crippen LogP contribution in [0, 0.1) is 17.0 Å². The second-order valence-electron chi connectivity index (χ2n) is 14.3. The third-order valence-corrected chi connectivity index (χ3v) is 10.5. The van der Waals surface area contributed by atoms with E-state index in [-0.39, 0.29) is 53.7 Å². The van der Waals surface area contributed by atoms with Gasteiger partial charge in [-0.2, -0.15) is 9.97 Å². The van der Waals surface area contributed by atoms with Gasteiger partial charge in [0.05, 0.1) is 30.7 Å². The number of anilines is 1. The first-order valence-electron chi connectivity index (χ1n) is 16.8. The number of pyridine rings is 1. The van der Waals surface area contributed by atoms with Gasteiger partial charge in [-0.25, -0.2) is 13.2 Å². The second kappa shape index (κ2) is 12.5. The van der Waals surface area contributed by atoms with Gasteiger partial charge in [0.15, 0.2) is 5.82 Å². The minimum absolute atomic E-state index is 0.0669. The van der Waals surface area contributed by atoms with E-state index >= 15 is 4.39 Å². The molecular weight excluding hydrogens is 639 g/mol. The number of ether oxygens (including phenoxy) is 2. The Hall–Kier alpha value is -3.78. The third kappa shape index (κ3) is 6.04. The van der Waals surface area contributed by atoms with Gasteiger partial charge in [0.2, 0.25) is 0 Å². The van der Waals surface area contributed by atoms with Crippen LogP contribution in [0.2, 0.25) is 0 Å². The number of aromatic hydroxyl groups is 1. The Morgan fingerprint density at radius 3 is 2.67 bits per heavy atom. The summed E-state index contributed by atoms with van der Waals surface area (Å²) in [6.45, 7) is 5.82. The normalized spacial score (nSPS) is 26.1. The summed E-state index contributed by atoms with van der Waals surface area (Å²) in [6, 6.07) is 5.72. The predicted octanol–water partition coefficient (Wildman–Crippen LogP) is 4.93. The number of aromatic nitrogens is 3. The predicted molar refractivity (Wildman–Crippen MR) is 179 cm³/mol. The maximum absolute atomic E-state index is 16.9. The molecule has 3 saturated heterocycles. The van der Waals surface area contributed by atoms with Crippen molar-refractivity contribution >= 4 is 27.5 Å². The average molecular weight is 682 g/mol. The molecular formula is C36H42F3N5O5.